The molecule has 2 N–H and O–H groups in total. The number of hydrogen-bond acceptors (Lipinski definition) is 5. The molecule has 0 aliphatic heterocycles. The van der Waals surface area contributed by atoms with E-state index in [9.17, 15) is 0 Å². The highest BCUT2D eigenvalue weighted by Gasteiger charge is 2.24. The molecule has 0 amide bonds. The summed E-state index contributed by atoms with van der Waals surface area (Å²) in [6.45, 7) is 10.1. The Morgan fingerprint density at radius 2 is 2.10 bits per heavy atom. The summed E-state index contributed by atoms with van der Waals surface area (Å²) >= 11 is 1.76. The number of H-pyrrole nitrogens is 1. The van der Waals surface area contributed by atoms with Gasteiger partial charge in [0, 0.05) is 11.8 Å². The van der Waals surface area contributed by atoms with Gasteiger partial charge in [-0.05, 0) is 18.4 Å². The minimum atomic E-state index is 0.225. The Balaban J connectivity index is 2.07. The lowest BCUT2D eigenvalue weighted by molar-refractivity contribution is 0.292. The summed E-state index contributed by atoms with van der Waals surface area (Å²) in [7, 11) is 0. The molecule has 1 unspecified atom stereocenters. The van der Waals surface area contributed by atoms with Gasteiger partial charge in [-0.3, -0.25) is 0 Å². The lowest BCUT2D eigenvalue weighted by atomic mass is 9.88. The Labute approximate surface area is 124 Å². The third-order valence-corrected chi connectivity index (χ3v) is 4.34. The van der Waals surface area contributed by atoms with E-state index in [1.807, 2.05) is 0 Å². The van der Waals surface area contributed by atoms with Gasteiger partial charge in [0.1, 0.15) is 16.9 Å². The van der Waals surface area contributed by atoms with Crippen molar-refractivity contribution in [3.63, 3.8) is 0 Å². The summed E-state index contributed by atoms with van der Waals surface area (Å²) in [5, 5.41) is 4.60. The number of thioether (sulfide) groups is 1. The molecule has 2 heterocycles. The topological polar surface area (TPSA) is 66.5 Å². The van der Waals surface area contributed by atoms with Gasteiger partial charge < -0.3 is 10.3 Å². The van der Waals surface area contributed by atoms with Crippen LogP contribution in [-0.2, 0) is 0 Å². The fourth-order valence-electron chi connectivity index (χ4n) is 1.95. The van der Waals surface area contributed by atoms with Crippen molar-refractivity contribution in [3.8, 4) is 0 Å². The van der Waals surface area contributed by atoms with Crippen molar-refractivity contribution >= 4 is 22.9 Å². The van der Waals surface area contributed by atoms with Gasteiger partial charge >= 0.3 is 0 Å². The first-order valence-electron chi connectivity index (χ1n) is 7.02. The summed E-state index contributed by atoms with van der Waals surface area (Å²) in [4.78, 5) is 15.8. The molecule has 110 valence electrons. The molecule has 0 saturated heterocycles. The van der Waals surface area contributed by atoms with Crippen molar-refractivity contribution in [1.82, 2.24) is 25.3 Å². The monoisotopic (exact) mass is 293 g/mol. The van der Waals surface area contributed by atoms with Crippen molar-refractivity contribution in [1.29, 1.82) is 0 Å². The Hall–Kier alpha value is -1.14. The number of nitrogens with one attached hydrogen (secondary N) is 2. The molecule has 0 bridgehead atoms. The maximum Gasteiger partial charge on any atom is 0.181 e. The van der Waals surface area contributed by atoms with Crippen LogP contribution in [0, 0.1) is 5.41 Å². The molecule has 0 aromatic carbocycles. The number of imidazole rings is 1. The number of fused-ring (bicyclic) bond motifs is 1. The first-order chi connectivity index (χ1) is 9.52. The second-order valence-corrected chi connectivity index (χ2v) is 6.97. The SMILES string of the molecule is CCCNC(CSc1ncnc2nc[nH]c12)C(C)(C)C. The van der Waals surface area contributed by atoms with Gasteiger partial charge in [-0.25, -0.2) is 15.0 Å². The molecule has 0 aliphatic rings. The van der Waals surface area contributed by atoms with Gasteiger partial charge in [0.15, 0.2) is 5.65 Å². The minimum Gasteiger partial charge on any atom is -0.341 e. The zero-order chi connectivity index (χ0) is 14.6. The van der Waals surface area contributed by atoms with E-state index in [0.717, 1.165) is 34.9 Å². The molecule has 0 fully saturated rings. The van der Waals surface area contributed by atoms with Crippen LogP contribution < -0.4 is 5.32 Å². The van der Waals surface area contributed by atoms with Crippen LogP contribution in [0.5, 0.6) is 0 Å². The number of aromatic amines is 1. The van der Waals surface area contributed by atoms with Crippen LogP contribution in [0.25, 0.3) is 11.2 Å². The van der Waals surface area contributed by atoms with Crippen molar-refractivity contribution in [2.24, 2.45) is 5.41 Å². The highest BCUT2D eigenvalue weighted by atomic mass is 32.2. The van der Waals surface area contributed by atoms with Gasteiger partial charge in [-0.1, -0.05) is 27.7 Å². The zero-order valence-corrected chi connectivity index (χ0v) is 13.4. The van der Waals surface area contributed by atoms with E-state index in [1.165, 1.54) is 0 Å². The van der Waals surface area contributed by atoms with Crippen LogP contribution in [0.2, 0.25) is 0 Å². The number of hydrogen-bond donors (Lipinski definition) is 2. The molecule has 2 aromatic rings. The van der Waals surface area contributed by atoms with Crippen molar-refractivity contribution in [2.45, 2.75) is 45.2 Å². The molecule has 0 spiro atoms. The first kappa shape index (κ1) is 15.3. The Kier molecular flexibility index (Phi) is 4.99. The quantitative estimate of drug-likeness (QED) is 0.633. The average Bonchev–Trinajstić information content (AvgIpc) is 2.86. The molecule has 20 heavy (non-hydrogen) atoms. The summed E-state index contributed by atoms with van der Waals surface area (Å²) in [5.41, 5.74) is 1.89. The van der Waals surface area contributed by atoms with E-state index < -0.39 is 0 Å². The predicted octanol–water partition coefficient (Wildman–Crippen LogP) is 2.86. The van der Waals surface area contributed by atoms with Crippen LogP contribution in [0.15, 0.2) is 17.7 Å². The Morgan fingerprint density at radius 3 is 2.80 bits per heavy atom. The third kappa shape index (κ3) is 3.70. The van der Waals surface area contributed by atoms with Crippen LogP contribution in [0.3, 0.4) is 0 Å². The lowest BCUT2D eigenvalue weighted by Gasteiger charge is -2.31. The zero-order valence-electron chi connectivity index (χ0n) is 12.6. The Bertz CT molecular complexity index is 546. The van der Waals surface area contributed by atoms with Crippen molar-refractivity contribution in [2.75, 3.05) is 12.3 Å². The molecule has 0 saturated carbocycles. The van der Waals surface area contributed by atoms with E-state index in [1.54, 1.807) is 24.4 Å². The van der Waals surface area contributed by atoms with E-state index in [-0.39, 0.29) is 5.41 Å². The second-order valence-electron chi connectivity index (χ2n) is 5.96. The van der Waals surface area contributed by atoms with Crippen LogP contribution in [-0.4, -0.2) is 38.3 Å². The fourth-order valence-corrected chi connectivity index (χ4v) is 3.31. The normalized spacial score (nSPS) is 13.8. The predicted molar refractivity (Wildman–Crippen MR) is 83.9 cm³/mol. The average molecular weight is 293 g/mol. The van der Waals surface area contributed by atoms with Crippen molar-refractivity contribution in [3.05, 3.63) is 12.7 Å². The van der Waals surface area contributed by atoms with Crippen LogP contribution >= 0.6 is 11.8 Å². The molecule has 0 radical (unpaired) electrons. The molecule has 0 aliphatic carbocycles. The lowest BCUT2D eigenvalue weighted by Crippen LogP contribution is -2.42. The molecule has 5 nitrogen and oxygen atoms in total. The smallest absolute Gasteiger partial charge is 0.181 e. The maximum absolute atomic E-state index is 4.37. The second kappa shape index (κ2) is 6.54. The van der Waals surface area contributed by atoms with Gasteiger partial charge in [0.25, 0.3) is 0 Å². The third-order valence-electron chi connectivity index (χ3n) is 3.26. The van der Waals surface area contributed by atoms with Gasteiger partial charge in [0.2, 0.25) is 0 Å². The van der Waals surface area contributed by atoms with E-state index in [4.69, 9.17) is 0 Å². The van der Waals surface area contributed by atoms with Crippen molar-refractivity contribution < 1.29 is 0 Å². The van der Waals surface area contributed by atoms with Gasteiger partial charge in [-0.15, -0.1) is 11.8 Å². The number of aromatic nitrogens is 4. The molecule has 1 atom stereocenters. The number of nitrogens with zero attached hydrogens (tertiary/aromatic N) is 3. The first-order valence-corrected chi connectivity index (χ1v) is 8.01. The van der Waals surface area contributed by atoms with E-state index in [2.05, 4.69) is 52.9 Å². The van der Waals surface area contributed by atoms with Gasteiger partial charge in [0.05, 0.1) is 6.33 Å². The molecular formula is C14H23N5S. The number of rotatable bonds is 6. The maximum atomic E-state index is 4.37. The Morgan fingerprint density at radius 1 is 1.30 bits per heavy atom. The molecular weight excluding hydrogens is 270 g/mol. The molecule has 2 aromatic heterocycles. The van der Waals surface area contributed by atoms with Crippen LogP contribution in [0.4, 0.5) is 0 Å². The summed E-state index contributed by atoms with van der Waals surface area (Å²) in [6.07, 6.45) is 4.40. The summed E-state index contributed by atoms with van der Waals surface area (Å²) < 4.78 is 0. The minimum absolute atomic E-state index is 0.225. The molecule has 6 heteroatoms. The highest BCUT2D eigenvalue weighted by Crippen LogP contribution is 2.28. The standard InChI is InChI=1S/C14H23N5S/c1-5-6-15-10(14(2,3)4)7-20-13-11-12(17-8-16-11)18-9-19-13/h8-10,15H,5-7H2,1-4H3,(H,16,17,18,19). The van der Waals surface area contributed by atoms with Crippen LogP contribution in [0.1, 0.15) is 34.1 Å². The molecule has 2 rings (SSSR count). The summed E-state index contributed by atoms with van der Waals surface area (Å²) in [5.74, 6) is 0.981. The van der Waals surface area contributed by atoms with E-state index >= 15 is 0 Å². The summed E-state index contributed by atoms with van der Waals surface area (Å²) in [6, 6.07) is 0.445. The fraction of sp³-hybridized carbons (Fsp3) is 0.643. The van der Waals surface area contributed by atoms with E-state index in [0.29, 0.717) is 6.04 Å². The van der Waals surface area contributed by atoms with Gasteiger partial charge in [-0.2, -0.15) is 0 Å². The largest absolute Gasteiger partial charge is 0.341 e. The highest BCUT2D eigenvalue weighted by molar-refractivity contribution is 7.99.